The zero-order valence-corrected chi connectivity index (χ0v) is 12.0. The molecule has 0 saturated heterocycles. The Morgan fingerprint density at radius 1 is 1.29 bits per heavy atom. The molecule has 0 spiro atoms. The van der Waals surface area contributed by atoms with Crippen molar-refractivity contribution in [3.05, 3.63) is 65.2 Å². The van der Waals surface area contributed by atoms with E-state index >= 15 is 0 Å². The van der Waals surface area contributed by atoms with Crippen molar-refractivity contribution in [1.29, 1.82) is 0 Å². The van der Waals surface area contributed by atoms with Gasteiger partial charge in [-0.15, -0.1) is 0 Å². The van der Waals surface area contributed by atoms with Crippen LogP contribution in [-0.2, 0) is 13.1 Å². The molecular formula is C17H18FN3. The average molecular weight is 283 g/mol. The molecule has 108 valence electrons. The van der Waals surface area contributed by atoms with Crippen molar-refractivity contribution in [1.82, 2.24) is 9.88 Å². The van der Waals surface area contributed by atoms with Crippen LogP contribution in [0.25, 0.3) is 0 Å². The predicted molar refractivity (Wildman–Crippen MR) is 81.7 cm³/mol. The smallest absolute Gasteiger partial charge is 0.124 e. The molecule has 21 heavy (non-hydrogen) atoms. The summed E-state index contributed by atoms with van der Waals surface area (Å²) in [5.74, 6) is 5.42. The first-order chi connectivity index (χ1) is 10.2. The monoisotopic (exact) mass is 283 g/mol. The van der Waals surface area contributed by atoms with Gasteiger partial charge in [0.25, 0.3) is 0 Å². The molecule has 2 rings (SSSR count). The van der Waals surface area contributed by atoms with Gasteiger partial charge in [-0.05, 0) is 36.4 Å². The number of pyridine rings is 1. The van der Waals surface area contributed by atoms with Gasteiger partial charge >= 0.3 is 0 Å². The van der Waals surface area contributed by atoms with Crippen LogP contribution in [0, 0.1) is 17.7 Å². The Morgan fingerprint density at radius 2 is 2.14 bits per heavy atom. The maximum absolute atomic E-state index is 13.3. The van der Waals surface area contributed by atoms with Gasteiger partial charge in [-0.3, -0.25) is 9.88 Å². The highest BCUT2D eigenvalue weighted by Gasteiger charge is 2.06. The van der Waals surface area contributed by atoms with E-state index in [9.17, 15) is 4.39 Å². The second kappa shape index (κ2) is 7.53. The van der Waals surface area contributed by atoms with Gasteiger partial charge < -0.3 is 5.73 Å². The largest absolute Gasteiger partial charge is 0.320 e. The lowest BCUT2D eigenvalue weighted by Gasteiger charge is -2.17. The molecule has 4 heteroatoms. The molecule has 0 aliphatic rings. The lowest BCUT2D eigenvalue weighted by molar-refractivity contribution is 0.318. The molecule has 1 aromatic carbocycles. The molecule has 0 radical (unpaired) electrons. The van der Waals surface area contributed by atoms with E-state index in [-0.39, 0.29) is 12.4 Å². The molecule has 2 aromatic rings. The minimum absolute atomic E-state index is 0.265. The molecule has 3 nitrogen and oxygen atoms in total. The van der Waals surface area contributed by atoms with Crippen LogP contribution in [0.4, 0.5) is 4.39 Å². The zero-order valence-electron chi connectivity index (χ0n) is 12.0. The van der Waals surface area contributed by atoms with Gasteiger partial charge in [-0.1, -0.05) is 24.0 Å². The van der Waals surface area contributed by atoms with Crippen LogP contribution in [0.5, 0.6) is 0 Å². The summed E-state index contributed by atoms with van der Waals surface area (Å²) in [6.07, 6.45) is 3.60. The first-order valence-corrected chi connectivity index (χ1v) is 6.74. The van der Waals surface area contributed by atoms with Crippen LogP contribution in [0.1, 0.15) is 16.7 Å². The van der Waals surface area contributed by atoms with E-state index in [0.717, 1.165) is 17.7 Å². The maximum Gasteiger partial charge on any atom is 0.124 e. The minimum atomic E-state index is -0.282. The first-order valence-electron chi connectivity index (χ1n) is 6.74. The minimum Gasteiger partial charge on any atom is -0.320 e. The van der Waals surface area contributed by atoms with Gasteiger partial charge in [-0.2, -0.15) is 0 Å². The van der Waals surface area contributed by atoms with Gasteiger partial charge in [0.1, 0.15) is 5.82 Å². The van der Waals surface area contributed by atoms with E-state index in [1.54, 1.807) is 12.3 Å². The molecule has 0 bridgehead atoms. The number of rotatable bonds is 4. The normalized spacial score (nSPS) is 10.3. The van der Waals surface area contributed by atoms with E-state index < -0.39 is 0 Å². The van der Waals surface area contributed by atoms with Crippen molar-refractivity contribution in [3.8, 4) is 11.8 Å². The average Bonchev–Trinajstić information content (AvgIpc) is 2.48. The number of hydrogen-bond acceptors (Lipinski definition) is 3. The summed E-state index contributed by atoms with van der Waals surface area (Å²) >= 11 is 0. The lowest BCUT2D eigenvalue weighted by Crippen LogP contribution is -2.18. The third-order valence-electron chi connectivity index (χ3n) is 3.01. The Bertz CT molecular complexity index is 644. The van der Waals surface area contributed by atoms with Crippen molar-refractivity contribution in [2.75, 3.05) is 13.6 Å². The second-order valence-corrected chi connectivity index (χ2v) is 4.84. The van der Waals surface area contributed by atoms with Crippen LogP contribution in [0.2, 0.25) is 0 Å². The van der Waals surface area contributed by atoms with Crippen LogP contribution in [0.15, 0.2) is 42.7 Å². The molecule has 0 atom stereocenters. The summed E-state index contributed by atoms with van der Waals surface area (Å²) < 4.78 is 13.3. The van der Waals surface area contributed by atoms with Crippen molar-refractivity contribution >= 4 is 0 Å². The highest BCUT2D eigenvalue weighted by Crippen LogP contribution is 2.14. The summed E-state index contributed by atoms with van der Waals surface area (Å²) in [4.78, 5) is 6.24. The second-order valence-electron chi connectivity index (χ2n) is 4.84. The molecule has 0 saturated carbocycles. The summed E-state index contributed by atoms with van der Waals surface area (Å²) in [6.45, 7) is 1.72. The molecule has 0 fully saturated rings. The van der Waals surface area contributed by atoms with Crippen molar-refractivity contribution in [3.63, 3.8) is 0 Å². The van der Waals surface area contributed by atoms with Gasteiger partial charge in [0, 0.05) is 31.0 Å². The Hall–Kier alpha value is -2.22. The third-order valence-corrected chi connectivity index (χ3v) is 3.01. The quantitative estimate of drug-likeness (QED) is 0.874. The van der Waals surface area contributed by atoms with Gasteiger partial charge in [0.05, 0.1) is 6.54 Å². The fourth-order valence-corrected chi connectivity index (χ4v) is 2.10. The molecule has 1 heterocycles. The molecule has 0 amide bonds. The number of benzene rings is 1. The van der Waals surface area contributed by atoms with Gasteiger partial charge in [0.2, 0.25) is 0 Å². The first kappa shape index (κ1) is 15.2. The maximum atomic E-state index is 13.3. The van der Waals surface area contributed by atoms with Crippen molar-refractivity contribution in [2.45, 2.75) is 13.1 Å². The summed E-state index contributed by atoms with van der Waals surface area (Å²) in [7, 11) is 2.01. The van der Waals surface area contributed by atoms with Crippen LogP contribution in [0.3, 0.4) is 0 Å². The number of nitrogens with zero attached hydrogens (tertiary/aromatic N) is 2. The Labute approximate surface area is 124 Å². The van der Waals surface area contributed by atoms with E-state index in [1.165, 1.54) is 12.1 Å². The molecule has 1 aromatic heterocycles. The molecular weight excluding hydrogens is 265 g/mol. The van der Waals surface area contributed by atoms with Crippen molar-refractivity contribution in [2.24, 2.45) is 5.73 Å². The highest BCUT2D eigenvalue weighted by molar-refractivity contribution is 5.41. The third kappa shape index (κ3) is 4.67. The summed E-state index contributed by atoms with van der Waals surface area (Å²) in [5, 5.41) is 0. The highest BCUT2D eigenvalue weighted by atomic mass is 19.1. The van der Waals surface area contributed by atoms with Crippen LogP contribution >= 0.6 is 0 Å². The molecule has 0 aliphatic heterocycles. The summed E-state index contributed by atoms with van der Waals surface area (Å²) in [5.41, 5.74) is 8.20. The van der Waals surface area contributed by atoms with E-state index in [4.69, 9.17) is 5.73 Å². The number of aromatic nitrogens is 1. The fourth-order valence-electron chi connectivity index (χ4n) is 2.10. The van der Waals surface area contributed by atoms with Crippen molar-refractivity contribution < 1.29 is 4.39 Å². The zero-order chi connectivity index (χ0) is 15.1. The standard InChI is InChI=1S/C17H18FN3/c1-21(12-14-4-3-9-20-11-14)13-16-6-7-17(18)10-15(16)5-2-8-19/h3-4,6-7,9-11H,8,12-13,19H2,1H3. The van der Waals surface area contributed by atoms with E-state index in [0.29, 0.717) is 12.1 Å². The number of halogens is 1. The Morgan fingerprint density at radius 3 is 2.86 bits per heavy atom. The van der Waals surface area contributed by atoms with Gasteiger partial charge in [-0.25, -0.2) is 4.39 Å². The number of hydrogen-bond donors (Lipinski definition) is 1. The lowest BCUT2D eigenvalue weighted by atomic mass is 10.1. The van der Waals surface area contributed by atoms with E-state index in [1.807, 2.05) is 25.4 Å². The fraction of sp³-hybridized carbons (Fsp3) is 0.235. The molecule has 0 aliphatic carbocycles. The Kier molecular flexibility index (Phi) is 5.44. The Balaban J connectivity index is 2.11. The van der Waals surface area contributed by atoms with Crippen LogP contribution < -0.4 is 5.73 Å². The predicted octanol–water partition coefficient (Wildman–Crippen LogP) is 2.16. The van der Waals surface area contributed by atoms with Gasteiger partial charge in [0.15, 0.2) is 0 Å². The van der Waals surface area contributed by atoms with E-state index in [2.05, 4.69) is 21.7 Å². The number of nitrogens with two attached hydrogens (primary N) is 1. The SMILES string of the molecule is CN(Cc1cccnc1)Cc1ccc(F)cc1C#CCN. The molecule has 0 unspecified atom stereocenters. The topological polar surface area (TPSA) is 42.2 Å². The summed E-state index contributed by atoms with van der Waals surface area (Å²) in [6, 6.07) is 8.63. The van der Waals surface area contributed by atoms with Crippen LogP contribution in [-0.4, -0.2) is 23.5 Å². The molecule has 2 N–H and O–H groups in total.